The van der Waals surface area contributed by atoms with Crippen LogP contribution in [0.15, 0.2) is 36.4 Å². The fraction of sp³-hybridized carbons (Fsp3) is 0.500. The van der Waals surface area contributed by atoms with Crippen LogP contribution in [-0.2, 0) is 20.9 Å². The lowest BCUT2D eigenvalue weighted by molar-refractivity contribution is -0.148. The van der Waals surface area contributed by atoms with Gasteiger partial charge in [-0.15, -0.1) is 0 Å². The van der Waals surface area contributed by atoms with E-state index < -0.39 is 6.04 Å². The molecule has 1 aromatic rings. The minimum Gasteiger partial charge on any atom is -0.350 e. The van der Waals surface area contributed by atoms with E-state index in [0.29, 0.717) is 25.8 Å². The highest BCUT2D eigenvalue weighted by Crippen LogP contribution is 2.37. The monoisotopic (exact) mass is 368 g/mol. The summed E-state index contributed by atoms with van der Waals surface area (Å²) in [6.45, 7) is 6.40. The van der Waals surface area contributed by atoms with Crippen molar-refractivity contribution < 1.29 is 14.4 Å². The maximum absolute atomic E-state index is 12.9. The molecule has 1 saturated heterocycles. The van der Waals surface area contributed by atoms with Crippen LogP contribution >= 0.6 is 0 Å². The molecule has 1 aliphatic heterocycles. The number of carbonyl (C=O) groups excluding carboxylic acids is 3. The summed E-state index contributed by atoms with van der Waals surface area (Å²) in [6.07, 6.45) is 5.58. The van der Waals surface area contributed by atoms with Gasteiger partial charge in [0.25, 0.3) is 0 Å². The van der Waals surface area contributed by atoms with E-state index in [1.54, 1.807) is 0 Å². The van der Waals surface area contributed by atoms with Crippen molar-refractivity contribution in [3.63, 3.8) is 0 Å². The Balaban J connectivity index is 1.75. The topological polar surface area (TPSA) is 66.5 Å². The van der Waals surface area contributed by atoms with Crippen LogP contribution in [0.25, 0.3) is 0 Å². The first-order valence-electron chi connectivity index (χ1n) is 9.73. The zero-order valence-corrected chi connectivity index (χ0v) is 16.3. The first kappa shape index (κ1) is 19.3. The van der Waals surface area contributed by atoms with E-state index in [1.807, 2.05) is 57.2 Å². The van der Waals surface area contributed by atoms with Crippen molar-refractivity contribution in [1.29, 1.82) is 0 Å². The zero-order chi connectivity index (χ0) is 19.6. The number of nitrogens with zero attached hydrogens (tertiary/aromatic N) is 1. The van der Waals surface area contributed by atoms with E-state index in [2.05, 4.69) is 5.32 Å². The molecule has 1 N–H and O–H groups in total. The third-order valence-corrected chi connectivity index (χ3v) is 5.44. The lowest BCUT2D eigenvalue weighted by Gasteiger charge is -2.27. The minimum atomic E-state index is -0.735. The molecule has 1 fully saturated rings. The number of allylic oxidation sites excluding steroid dienone is 2. The van der Waals surface area contributed by atoms with E-state index in [1.165, 1.54) is 4.90 Å². The molecule has 1 aliphatic carbocycles. The summed E-state index contributed by atoms with van der Waals surface area (Å²) < 4.78 is 0. The molecular formula is C22H28N2O3. The highest BCUT2D eigenvalue weighted by atomic mass is 16.2. The second-order valence-electron chi connectivity index (χ2n) is 8.05. The molecule has 5 heteroatoms. The average molecular weight is 368 g/mol. The molecule has 144 valence electrons. The van der Waals surface area contributed by atoms with Gasteiger partial charge in [0.1, 0.15) is 6.04 Å². The Morgan fingerprint density at radius 1 is 1.07 bits per heavy atom. The highest BCUT2D eigenvalue weighted by molar-refractivity contribution is 6.08. The standard InChI is InChI=1S/C22H28N2O3/c1-14(2)12-19(20(25)23-13-16-10-8-15(3)9-11-16)24-21(26)17-6-4-5-7-18(17)22(24)27/h4-5,8-11,14,17-19H,6-7,12-13H2,1-3H3,(H,23,25)/t17-,18+,19-/m0/s1. The van der Waals surface area contributed by atoms with Crippen LogP contribution in [0.5, 0.6) is 0 Å². The normalized spacial score (nSPS) is 22.9. The summed E-state index contributed by atoms with van der Waals surface area (Å²) in [5, 5.41) is 2.92. The number of nitrogens with one attached hydrogen (secondary N) is 1. The Bertz CT molecular complexity index is 725. The van der Waals surface area contributed by atoms with E-state index in [4.69, 9.17) is 0 Å². The van der Waals surface area contributed by atoms with Crippen molar-refractivity contribution in [3.8, 4) is 0 Å². The van der Waals surface area contributed by atoms with Crippen molar-refractivity contribution in [2.45, 2.75) is 52.6 Å². The Kier molecular flexibility index (Phi) is 5.78. The summed E-state index contributed by atoms with van der Waals surface area (Å²) in [5.41, 5.74) is 2.15. The molecule has 0 aromatic heterocycles. The van der Waals surface area contributed by atoms with Crippen LogP contribution in [0.2, 0.25) is 0 Å². The number of imide groups is 1. The Morgan fingerprint density at radius 2 is 1.63 bits per heavy atom. The second-order valence-corrected chi connectivity index (χ2v) is 8.05. The number of amides is 3. The van der Waals surface area contributed by atoms with Crippen LogP contribution in [0.4, 0.5) is 0 Å². The molecule has 1 heterocycles. The van der Waals surface area contributed by atoms with Crippen LogP contribution in [0.3, 0.4) is 0 Å². The predicted molar refractivity (Wildman–Crippen MR) is 103 cm³/mol. The van der Waals surface area contributed by atoms with Crippen LogP contribution < -0.4 is 5.32 Å². The predicted octanol–water partition coefficient (Wildman–Crippen LogP) is 2.98. The van der Waals surface area contributed by atoms with Gasteiger partial charge >= 0.3 is 0 Å². The molecule has 0 bridgehead atoms. The van der Waals surface area contributed by atoms with Crippen molar-refractivity contribution in [3.05, 3.63) is 47.5 Å². The molecule has 3 atom stereocenters. The fourth-order valence-electron chi connectivity index (χ4n) is 3.92. The first-order chi connectivity index (χ1) is 12.9. The fourth-order valence-corrected chi connectivity index (χ4v) is 3.92. The second kappa shape index (κ2) is 8.07. The minimum absolute atomic E-state index is 0.189. The quantitative estimate of drug-likeness (QED) is 0.620. The summed E-state index contributed by atoms with van der Waals surface area (Å²) in [4.78, 5) is 39.9. The highest BCUT2D eigenvalue weighted by Gasteiger charge is 2.51. The lowest BCUT2D eigenvalue weighted by Crippen LogP contribution is -2.50. The number of aryl methyl sites for hydroxylation is 1. The summed E-state index contributed by atoms with van der Waals surface area (Å²) in [6, 6.07) is 7.20. The number of benzene rings is 1. The van der Waals surface area contributed by atoms with E-state index in [9.17, 15) is 14.4 Å². The van der Waals surface area contributed by atoms with E-state index >= 15 is 0 Å². The summed E-state index contributed by atoms with van der Waals surface area (Å²) in [5.74, 6) is -1.04. The molecule has 5 nitrogen and oxygen atoms in total. The van der Waals surface area contributed by atoms with Crippen LogP contribution in [0, 0.1) is 24.7 Å². The Labute approximate surface area is 160 Å². The average Bonchev–Trinajstić information content (AvgIpc) is 2.90. The van der Waals surface area contributed by atoms with Gasteiger partial charge in [0, 0.05) is 6.54 Å². The van der Waals surface area contributed by atoms with Crippen molar-refractivity contribution in [1.82, 2.24) is 10.2 Å². The van der Waals surface area contributed by atoms with Gasteiger partial charge < -0.3 is 5.32 Å². The molecule has 0 spiro atoms. The van der Waals surface area contributed by atoms with Gasteiger partial charge in [-0.3, -0.25) is 19.3 Å². The molecule has 1 aromatic carbocycles. The smallest absolute Gasteiger partial charge is 0.243 e. The molecule has 3 amide bonds. The molecular weight excluding hydrogens is 340 g/mol. The summed E-state index contributed by atoms with van der Waals surface area (Å²) >= 11 is 0. The molecule has 0 radical (unpaired) electrons. The molecule has 3 rings (SSSR count). The number of likely N-dealkylation sites (tertiary alicyclic amines) is 1. The molecule has 0 unspecified atom stereocenters. The molecule has 2 aliphatic rings. The van der Waals surface area contributed by atoms with Crippen molar-refractivity contribution in [2.24, 2.45) is 17.8 Å². The maximum atomic E-state index is 12.9. The number of hydrogen-bond acceptors (Lipinski definition) is 3. The van der Waals surface area contributed by atoms with Gasteiger partial charge in [0.2, 0.25) is 17.7 Å². The molecule has 0 saturated carbocycles. The van der Waals surface area contributed by atoms with Gasteiger partial charge in [0.05, 0.1) is 11.8 Å². The number of rotatable bonds is 6. The Hall–Kier alpha value is -2.43. The van der Waals surface area contributed by atoms with Crippen LogP contribution in [0.1, 0.15) is 44.2 Å². The zero-order valence-electron chi connectivity index (χ0n) is 16.3. The van der Waals surface area contributed by atoms with Crippen LogP contribution in [-0.4, -0.2) is 28.7 Å². The van der Waals surface area contributed by atoms with E-state index in [-0.39, 0.29) is 35.5 Å². The Morgan fingerprint density at radius 3 is 2.15 bits per heavy atom. The van der Waals surface area contributed by atoms with Gasteiger partial charge in [-0.2, -0.15) is 0 Å². The van der Waals surface area contributed by atoms with E-state index in [0.717, 1.165) is 11.1 Å². The largest absolute Gasteiger partial charge is 0.350 e. The third-order valence-electron chi connectivity index (χ3n) is 5.44. The molecule has 27 heavy (non-hydrogen) atoms. The first-order valence-corrected chi connectivity index (χ1v) is 9.73. The number of hydrogen-bond donors (Lipinski definition) is 1. The van der Waals surface area contributed by atoms with Gasteiger partial charge in [0.15, 0.2) is 0 Å². The maximum Gasteiger partial charge on any atom is 0.243 e. The van der Waals surface area contributed by atoms with Gasteiger partial charge in [-0.05, 0) is 37.7 Å². The van der Waals surface area contributed by atoms with Crippen molar-refractivity contribution in [2.75, 3.05) is 0 Å². The van der Waals surface area contributed by atoms with Gasteiger partial charge in [-0.1, -0.05) is 55.8 Å². The SMILES string of the molecule is Cc1ccc(CNC(=O)[C@H](CC(C)C)N2C(=O)[C@H]3CC=CC[C@H]3C2=O)cc1. The van der Waals surface area contributed by atoms with Gasteiger partial charge in [-0.25, -0.2) is 0 Å². The third kappa shape index (κ3) is 4.12. The van der Waals surface area contributed by atoms with Crippen molar-refractivity contribution >= 4 is 17.7 Å². The number of fused-ring (bicyclic) bond motifs is 1. The lowest BCUT2D eigenvalue weighted by atomic mass is 9.85. The number of carbonyl (C=O) groups is 3. The summed E-state index contributed by atoms with van der Waals surface area (Å²) in [7, 11) is 0.